The highest BCUT2D eigenvalue weighted by atomic mass is 32.1. The predicted molar refractivity (Wildman–Crippen MR) is 143 cm³/mol. The van der Waals surface area contributed by atoms with E-state index in [1.54, 1.807) is 11.3 Å². The van der Waals surface area contributed by atoms with E-state index in [1.165, 1.54) is 23.8 Å². The lowest BCUT2D eigenvalue weighted by atomic mass is 9.99. The van der Waals surface area contributed by atoms with Crippen molar-refractivity contribution < 1.29 is 4.79 Å². The molecule has 1 aliphatic rings. The zero-order valence-electron chi connectivity index (χ0n) is 20.1. The summed E-state index contributed by atoms with van der Waals surface area (Å²) < 4.78 is 1.13. The molecule has 3 aromatic heterocycles. The van der Waals surface area contributed by atoms with Gasteiger partial charge in [0, 0.05) is 52.5 Å². The molecule has 0 saturated carbocycles. The molecule has 1 aliphatic heterocycles. The molecule has 1 unspecified atom stereocenters. The third-order valence-electron chi connectivity index (χ3n) is 7.10. The van der Waals surface area contributed by atoms with Gasteiger partial charge in [0.15, 0.2) is 0 Å². The number of carbonyl (C=O) groups excluding carboxylic acids is 1. The van der Waals surface area contributed by atoms with Crippen molar-refractivity contribution in [3.05, 3.63) is 59.2 Å². The summed E-state index contributed by atoms with van der Waals surface area (Å²) in [7, 11) is 0. The van der Waals surface area contributed by atoms with Crippen LogP contribution < -0.4 is 10.2 Å². The number of aromatic amines is 1. The van der Waals surface area contributed by atoms with Crippen LogP contribution >= 0.6 is 11.3 Å². The predicted octanol–water partition coefficient (Wildman–Crippen LogP) is 6.55. The van der Waals surface area contributed by atoms with Crippen LogP contribution in [0.2, 0.25) is 0 Å². The summed E-state index contributed by atoms with van der Waals surface area (Å²) in [5.41, 5.74) is 2.41. The number of hydrogen-bond acceptors (Lipinski definition) is 4. The normalized spacial score (nSPS) is 15.8. The minimum atomic E-state index is 0.0236. The molecule has 1 fully saturated rings. The lowest BCUT2D eigenvalue weighted by Crippen LogP contribution is -2.36. The molecule has 0 radical (unpaired) electrons. The first-order valence-corrected chi connectivity index (χ1v) is 13.4. The van der Waals surface area contributed by atoms with Gasteiger partial charge in [0.2, 0.25) is 0 Å². The summed E-state index contributed by atoms with van der Waals surface area (Å²) >= 11 is 1.58. The van der Waals surface area contributed by atoms with Gasteiger partial charge in [0.05, 0.1) is 4.88 Å². The number of rotatable bonds is 8. The van der Waals surface area contributed by atoms with E-state index < -0.39 is 0 Å². The second-order valence-electron chi connectivity index (χ2n) is 9.74. The van der Waals surface area contributed by atoms with Crippen molar-refractivity contribution >= 4 is 44.1 Å². The van der Waals surface area contributed by atoms with E-state index in [-0.39, 0.29) is 11.9 Å². The Balaban J connectivity index is 1.31. The van der Waals surface area contributed by atoms with E-state index in [4.69, 9.17) is 4.98 Å². The SMILES string of the molecule is CCCCC(Cc1c[nH]c2ccccc12)NC(=O)c1cc2cnc(N3CCC(C)CC3)cc2s1. The van der Waals surface area contributed by atoms with E-state index in [0.29, 0.717) is 0 Å². The first-order chi connectivity index (χ1) is 16.6. The summed E-state index contributed by atoms with van der Waals surface area (Å²) in [6.07, 6.45) is 10.5. The zero-order valence-corrected chi connectivity index (χ0v) is 21.0. The maximum Gasteiger partial charge on any atom is 0.261 e. The number of piperidine rings is 1. The Hall–Kier alpha value is -2.86. The molecule has 2 N–H and O–H groups in total. The molecule has 6 heteroatoms. The molecule has 4 aromatic rings. The van der Waals surface area contributed by atoms with E-state index in [1.807, 2.05) is 18.3 Å². The van der Waals surface area contributed by atoms with Gasteiger partial charge in [-0.25, -0.2) is 4.98 Å². The molecule has 34 heavy (non-hydrogen) atoms. The Morgan fingerprint density at radius 1 is 1.26 bits per heavy atom. The van der Waals surface area contributed by atoms with Gasteiger partial charge >= 0.3 is 0 Å². The maximum absolute atomic E-state index is 13.3. The van der Waals surface area contributed by atoms with Gasteiger partial charge in [0.1, 0.15) is 5.82 Å². The minimum absolute atomic E-state index is 0.0236. The number of anilines is 1. The average molecular weight is 475 g/mol. The van der Waals surface area contributed by atoms with Crippen molar-refractivity contribution in [2.24, 2.45) is 5.92 Å². The number of aromatic nitrogens is 2. The lowest BCUT2D eigenvalue weighted by Gasteiger charge is -2.31. The number of benzene rings is 1. The maximum atomic E-state index is 13.3. The van der Waals surface area contributed by atoms with Gasteiger partial charge < -0.3 is 15.2 Å². The van der Waals surface area contributed by atoms with Crippen LogP contribution in [0.4, 0.5) is 5.82 Å². The number of hydrogen-bond donors (Lipinski definition) is 2. The van der Waals surface area contributed by atoms with Crippen molar-refractivity contribution in [1.29, 1.82) is 0 Å². The highest BCUT2D eigenvalue weighted by Crippen LogP contribution is 2.30. The van der Waals surface area contributed by atoms with Gasteiger partial charge in [-0.3, -0.25) is 4.79 Å². The van der Waals surface area contributed by atoms with E-state index in [9.17, 15) is 4.79 Å². The molecule has 0 aliphatic carbocycles. The molecule has 1 saturated heterocycles. The molecule has 1 aromatic carbocycles. The van der Waals surface area contributed by atoms with E-state index in [0.717, 1.165) is 71.0 Å². The lowest BCUT2D eigenvalue weighted by molar-refractivity contribution is 0.0938. The molecule has 1 atom stereocenters. The van der Waals surface area contributed by atoms with E-state index >= 15 is 0 Å². The molecule has 0 spiro atoms. The fraction of sp³-hybridized carbons (Fsp3) is 0.429. The standard InChI is InChI=1S/C28H34N4OS/c1-3-4-7-22(14-20-17-29-24-9-6-5-8-23(20)24)31-28(33)26-15-21-18-30-27(16-25(21)34-26)32-12-10-19(2)11-13-32/h5-6,8-9,15-19,22,29H,3-4,7,10-14H2,1-2H3,(H,31,33). The van der Waals surface area contributed by atoms with Gasteiger partial charge in [-0.2, -0.15) is 0 Å². The fourth-order valence-electron chi connectivity index (χ4n) is 4.94. The molecule has 0 bridgehead atoms. The number of pyridine rings is 1. The topological polar surface area (TPSA) is 61.0 Å². The first-order valence-electron chi connectivity index (χ1n) is 12.6. The van der Waals surface area contributed by atoms with Crippen LogP contribution in [0.3, 0.4) is 0 Å². The van der Waals surface area contributed by atoms with Gasteiger partial charge in [-0.05, 0) is 55.4 Å². The second kappa shape index (κ2) is 10.2. The number of carbonyl (C=O) groups is 1. The van der Waals surface area contributed by atoms with Crippen molar-refractivity contribution in [3.8, 4) is 0 Å². The summed E-state index contributed by atoms with van der Waals surface area (Å²) in [6, 6.07) is 12.6. The van der Waals surface area contributed by atoms with Crippen molar-refractivity contribution in [2.75, 3.05) is 18.0 Å². The Bertz CT molecular complexity index is 1270. The van der Waals surface area contributed by atoms with Crippen LogP contribution in [0.1, 0.15) is 61.2 Å². The highest BCUT2D eigenvalue weighted by Gasteiger charge is 2.20. The number of unbranched alkanes of at least 4 members (excludes halogenated alkanes) is 1. The summed E-state index contributed by atoms with van der Waals surface area (Å²) in [6.45, 7) is 6.64. The Morgan fingerprint density at radius 2 is 2.09 bits per heavy atom. The molecule has 178 valence electrons. The van der Waals surface area contributed by atoms with Crippen LogP contribution in [0, 0.1) is 5.92 Å². The minimum Gasteiger partial charge on any atom is -0.361 e. The molecule has 5 rings (SSSR count). The van der Waals surface area contributed by atoms with Crippen LogP contribution in [-0.2, 0) is 6.42 Å². The second-order valence-corrected chi connectivity index (χ2v) is 10.8. The van der Waals surface area contributed by atoms with Crippen LogP contribution in [0.25, 0.3) is 21.0 Å². The van der Waals surface area contributed by atoms with E-state index in [2.05, 4.69) is 59.5 Å². The van der Waals surface area contributed by atoms with Gasteiger partial charge in [-0.1, -0.05) is 44.9 Å². The van der Waals surface area contributed by atoms with Crippen molar-refractivity contribution in [3.63, 3.8) is 0 Å². The Morgan fingerprint density at radius 3 is 2.91 bits per heavy atom. The van der Waals surface area contributed by atoms with Crippen LogP contribution in [0.15, 0.2) is 48.8 Å². The Kier molecular flexibility index (Phi) is 6.86. The molecule has 1 amide bonds. The molecular weight excluding hydrogens is 440 g/mol. The molecule has 5 nitrogen and oxygen atoms in total. The van der Waals surface area contributed by atoms with Gasteiger partial charge in [-0.15, -0.1) is 11.3 Å². The summed E-state index contributed by atoms with van der Waals surface area (Å²) in [5, 5.41) is 5.63. The number of amides is 1. The van der Waals surface area contributed by atoms with Crippen molar-refractivity contribution in [2.45, 2.75) is 58.4 Å². The van der Waals surface area contributed by atoms with Crippen LogP contribution in [0.5, 0.6) is 0 Å². The fourth-order valence-corrected chi connectivity index (χ4v) is 5.91. The number of para-hydroxylation sites is 1. The number of nitrogens with one attached hydrogen (secondary N) is 2. The molecule has 4 heterocycles. The summed E-state index contributed by atoms with van der Waals surface area (Å²) in [4.78, 5) is 24.5. The Labute approximate surface area is 205 Å². The third-order valence-corrected chi connectivity index (χ3v) is 8.20. The van der Waals surface area contributed by atoms with Crippen molar-refractivity contribution in [1.82, 2.24) is 15.3 Å². The number of H-pyrrole nitrogens is 1. The quantitative estimate of drug-likeness (QED) is 0.305. The number of thiophene rings is 1. The highest BCUT2D eigenvalue weighted by molar-refractivity contribution is 7.20. The number of nitrogens with zero attached hydrogens (tertiary/aromatic N) is 2. The van der Waals surface area contributed by atoms with Crippen LogP contribution in [-0.4, -0.2) is 35.0 Å². The van der Waals surface area contributed by atoms with Gasteiger partial charge in [0.25, 0.3) is 5.91 Å². The average Bonchev–Trinajstić information content (AvgIpc) is 3.47. The zero-order chi connectivity index (χ0) is 23.5. The smallest absolute Gasteiger partial charge is 0.261 e. The first kappa shape index (κ1) is 22.9. The third kappa shape index (κ3) is 4.97. The monoisotopic (exact) mass is 474 g/mol. The molecular formula is C28H34N4OS. The summed E-state index contributed by atoms with van der Waals surface area (Å²) in [5.74, 6) is 1.85. The largest absolute Gasteiger partial charge is 0.361 e. The number of fused-ring (bicyclic) bond motifs is 2.